The van der Waals surface area contributed by atoms with E-state index in [4.69, 9.17) is 4.74 Å². The molecular weight excluding hydrogens is 246 g/mol. The predicted molar refractivity (Wildman–Crippen MR) is 74.8 cm³/mol. The third kappa shape index (κ3) is 4.65. The molecule has 0 atom stereocenters. The number of aromatic nitrogens is 1. The number of ether oxygens (including phenoxy) is 1. The first kappa shape index (κ1) is 13.9. The number of thiazole rings is 1. The van der Waals surface area contributed by atoms with Gasteiger partial charge in [-0.1, -0.05) is 13.8 Å². The number of morpholine rings is 1. The van der Waals surface area contributed by atoms with Gasteiger partial charge in [0.2, 0.25) is 0 Å². The number of hydrogen-bond acceptors (Lipinski definition) is 5. The Morgan fingerprint density at radius 1 is 1.44 bits per heavy atom. The monoisotopic (exact) mass is 269 g/mol. The molecule has 18 heavy (non-hydrogen) atoms. The Kier molecular flexibility index (Phi) is 5.56. The zero-order valence-electron chi connectivity index (χ0n) is 11.3. The summed E-state index contributed by atoms with van der Waals surface area (Å²) < 4.78 is 5.35. The van der Waals surface area contributed by atoms with Gasteiger partial charge in [-0.25, -0.2) is 4.98 Å². The van der Waals surface area contributed by atoms with Crippen LogP contribution in [0.25, 0.3) is 0 Å². The van der Waals surface area contributed by atoms with Gasteiger partial charge in [0.05, 0.1) is 25.5 Å². The Balaban J connectivity index is 1.74. The van der Waals surface area contributed by atoms with Crippen LogP contribution in [0, 0.1) is 5.92 Å². The van der Waals surface area contributed by atoms with Gasteiger partial charge in [-0.2, -0.15) is 0 Å². The summed E-state index contributed by atoms with van der Waals surface area (Å²) in [6.45, 7) is 11.1. The lowest BCUT2D eigenvalue weighted by molar-refractivity contribution is 0.0341. The van der Waals surface area contributed by atoms with Gasteiger partial charge in [-0.15, -0.1) is 11.3 Å². The zero-order chi connectivity index (χ0) is 12.8. The van der Waals surface area contributed by atoms with E-state index in [1.165, 1.54) is 10.7 Å². The van der Waals surface area contributed by atoms with Crippen molar-refractivity contribution >= 4 is 11.3 Å². The molecule has 1 N–H and O–H groups in total. The van der Waals surface area contributed by atoms with E-state index in [0.717, 1.165) is 45.9 Å². The highest BCUT2D eigenvalue weighted by Crippen LogP contribution is 2.13. The molecule has 0 aromatic carbocycles. The second-order valence-electron chi connectivity index (χ2n) is 5.15. The summed E-state index contributed by atoms with van der Waals surface area (Å²) in [6.07, 6.45) is 0. The van der Waals surface area contributed by atoms with Crippen LogP contribution in [0.4, 0.5) is 0 Å². The molecule has 2 rings (SSSR count). The van der Waals surface area contributed by atoms with Crippen molar-refractivity contribution in [2.75, 3.05) is 32.8 Å². The number of nitrogens with one attached hydrogen (secondary N) is 1. The Hall–Kier alpha value is -0.490. The van der Waals surface area contributed by atoms with Crippen LogP contribution in [0.5, 0.6) is 0 Å². The van der Waals surface area contributed by atoms with E-state index in [1.54, 1.807) is 11.3 Å². The van der Waals surface area contributed by atoms with Crippen LogP contribution < -0.4 is 5.32 Å². The normalized spacial score (nSPS) is 17.5. The maximum atomic E-state index is 5.35. The minimum Gasteiger partial charge on any atom is -0.379 e. The number of hydrogen-bond donors (Lipinski definition) is 1. The Bertz CT molecular complexity index is 348. The molecule has 1 saturated heterocycles. The summed E-state index contributed by atoms with van der Waals surface area (Å²) in [4.78, 5) is 7.09. The summed E-state index contributed by atoms with van der Waals surface area (Å²) in [6, 6.07) is 0. The largest absolute Gasteiger partial charge is 0.379 e. The van der Waals surface area contributed by atoms with Gasteiger partial charge < -0.3 is 10.1 Å². The van der Waals surface area contributed by atoms with Crippen molar-refractivity contribution in [1.82, 2.24) is 15.2 Å². The first-order valence-electron chi connectivity index (χ1n) is 6.68. The van der Waals surface area contributed by atoms with E-state index in [1.807, 2.05) is 0 Å². The SMILES string of the molecule is CC(C)CNCc1csc(CN2CCOCC2)n1. The second kappa shape index (κ2) is 7.19. The number of nitrogens with zero attached hydrogens (tertiary/aromatic N) is 2. The van der Waals surface area contributed by atoms with Crippen molar-refractivity contribution < 1.29 is 4.74 Å². The molecule has 0 bridgehead atoms. The molecule has 5 heteroatoms. The van der Waals surface area contributed by atoms with E-state index in [0.29, 0.717) is 5.92 Å². The van der Waals surface area contributed by atoms with Crippen molar-refractivity contribution in [2.24, 2.45) is 5.92 Å². The van der Waals surface area contributed by atoms with Crippen LogP contribution in [-0.4, -0.2) is 42.7 Å². The second-order valence-corrected chi connectivity index (χ2v) is 6.09. The van der Waals surface area contributed by atoms with Gasteiger partial charge in [0.15, 0.2) is 0 Å². The predicted octanol–water partition coefficient (Wildman–Crippen LogP) is 1.72. The molecule has 1 aromatic rings. The molecular formula is C13H23N3OS. The van der Waals surface area contributed by atoms with Gasteiger partial charge in [0, 0.05) is 25.0 Å². The fraction of sp³-hybridized carbons (Fsp3) is 0.769. The smallest absolute Gasteiger partial charge is 0.107 e. The van der Waals surface area contributed by atoms with Crippen LogP contribution in [0.15, 0.2) is 5.38 Å². The van der Waals surface area contributed by atoms with Crippen LogP contribution in [-0.2, 0) is 17.8 Å². The lowest BCUT2D eigenvalue weighted by atomic mass is 10.2. The minimum absolute atomic E-state index is 0.691. The van der Waals surface area contributed by atoms with Crippen molar-refractivity contribution in [3.63, 3.8) is 0 Å². The summed E-state index contributed by atoms with van der Waals surface area (Å²) in [5.74, 6) is 0.691. The van der Waals surface area contributed by atoms with E-state index < -0.39 is 0 Å². The van der Waals surface area contributed by atoms with Crippen molar-refractivity contribution in [1.29, 1.82) is 0 Å². The van der Waals surface area contributed by atoms with E-state index >= 15 is 0 Å². The van der Waals surface area contributed by atoms with Crippen LogP contribution in [0.2, 0.25) is 0 Å². The topological polar surface area (TPSA) is 37.4 Å². The standard InChI is InChI=1S/C13H23N3OS/c1-11(2)7-14-8-12-10-18-13(15-12)9-16-3-5-17-6-4-16/h10-11,14H,3-9H2,1-2H3. The molecule has 0 spiro atoms. The summed E-state index contributed by atoms with van der Waals surface area (Å²) in [5.41, 5.74) is 1.17. The van der Waals surface area contributed by atoms with Gasteiger partial charge in [-0.05, 0) is 12.5 Å². The fourth-order valence-corrected chi connectivity index (χ4v) is 2.78. The van der Waals surface area contributed by atoms with Crippen LogP contribution in [0.1, 0.15) is 24.5 Å². The average molecular weight is 269 g/mol. The summed E-state index contributed by atoms with van der Waals surface area (Å²) >= 11 is 1.77. The molecule has 1 aliphatic rings. The Morgan fingerprint density at radius 2 is 2.22 bits per heavy atom. The third-order valence-corrected chi connectivity index (χ3v) is 3.80. The molecule has 0 radical (unpaired) electrons. The van der Waals surface area contributed by atoms with E-state index in [-0.39, 0.29) is 0 Å². The maximum Gasteiger partial charge on any atom is 0.107 e. The molecule has 0 saturated carbocycles. The molecule has 1 aliphatic heterocycles. The maximum absolute atomic E-state index is 5.35. The first-order valence-corrected chi connectivity index (χ1v) is 7.56. The van der Waals surface area contributed by atoms with Gasteiger partial charge in [-0.3, -0.25) is 4.90 Å². The molecule has 1 fully saturated rings. The molecule has 4 nitrogen and oxygen atoms in total. The van der Waals surface area contributed by atoms with Gasteiger partial charge in [0.25, 0.3) is 0 Å². The number of rotatable bonds is 6. The minimum atomic E-state index is 0.691. The van der Waals surface area contributed by atoms with Crippen molar-refractivity contribution in [3.8, 4) is 0 Å². The summed E-state index contributed by atoms with van der Waals surface area (Å²) in [5, 5.41) is 6.82. The molecule has 0 aliphatic carbocycles. The molecule has 1 aromatic heterocycles. The molecule has 0 amide bonds. The molecule has 0 unspecified atom stereocenters. The first-order chi connectivity index (χ1) is 8.74. The van der Waals surface area contributed by atoms with Gasteiger partial charge >= 0.3 is 0 Å². The van der Waals surface area contributed by atoms with Crippen molar-refractivity contribution in [3.05, 3.63) is 16.1 Å². The Morgan fingerprint density at radius 3 is 2.94 bits per heavy atom. The van der Waals surface area contributed by atoms with Gasteiger partial charge in [0.1, 0.15) is 5.01 Å². The van der Waals surface area contributed by atoms with Crippen molar-refractivity contribution in [2.45, 2.75) is 26.9 Å². The quantitative estimate of drug-likeness (QED) is 0.853. The van der Waals surface area contributed by atoms with Crippen LogP contribution >= 0.6 is 11.3 Å². The fourth-order valence-electron chi connectivity index (χ4n) is 1.94. The average Bonchev–Trinajstić information content (AvgIpc) is 2.78. The highest BCUT2D eigenvalue weighted by Gasteiger charge is 2.12. The lowest BCUT2D eigenvalue weighted by Crippen LogP contribution is -2.35. The summed E-state index contributed by atoms with van der Waals surface area (Å²) in [7, 11) is 0. The van der Waals surface area contributed by atoms with E-state index in [2.05, 4.69) is 34.4 Å². The Labute approximate surface area is 113 Å². The zero-order valence-corrected chi connectivity index (χ0v) is 12.1. The lowest BCUT2D eigenvalue weighted by Gasteiger charge is -2.25. The van der Waals surface area contributed by atoms with Crippen LogP contribution in [0.3, 0.4) is 0 Å². The molecule has 2 heterocycles. The highest BCUT2D eigenvalue weighted by atomic mass is 32.1. The van der Waals surface area contributed by atoms with E-state index in [9.17, 15) is 0 Å². The third-order valence-electron chi connectivity index (χ3n) is 2.92. The highest BCUT2D eigenvalue weighted by molar-refractivity contribution is 7.09. The molecule has 102 valence electrons.